The summed E-state index contributed by atoms with van der Waals surface area (Å²) in [5.41, 5.74) is 0. The summed E-state index contributed by atoms with van der Waals surface area (Å²) in [5.74, 6) is 1.18. The van der Waals surface area contributed by atoms with Gasteiger partial charge < -0.3 is 9.67 Å². The molecule has 0 aliphatic carbocycles. The van der Waals surface area contributed by atoms with Crippen molar-refractivity contribution in [2.45, 2.75) is 45.4 Å². The third-order valence-electron chi connectivity index (χ3n) is 3.17. The van der Waals surface area contributed by atoms with E-state index in [0.29, 0.717) is 0 Å². The van der Waals surface area contributed by atoms with Gasteiger partial charge in [0, 0.05) is 25.5 Å². The van der Waals surface area contributed by atoms with Crippen molar-refractivity contribution in [3.05, 3.63) is 18.2 Å². The van der Waals surface area contributed by atoms with Crippen molar-refractivity contribution in [1.29, 1.82) is 0 Å². The van der Waals surface area contributed by atoms with Crippen LogP contribution >= 0.6 is 0 Å². The molecule has 4 heteroatoms. The average molecular weight is 223 g/mol. The van der Waals surface area contributed by atoms with Gasteiger partial charge >= 0.3 is 0 Å². The van der Waals surface area contributed by atoms with E-state index in [0.717, 1.165) is 39.0 Å². The highest BCUT2D eigenvalue weighted by molar-refractivity contribution is 4.95. The lowest BCUT2D eigenvalue weighted by atomic mass is 10.1. The second-order valence-corrected chi connectivity index (χ2v) is 4.66. The Kier molecular flexibility index (Phi) is 3.96. The third kappa shape index (κ3) is 3.06. The van der Waals surface area contributed by atoms with Crippen LogP contribution in [-0.2, 0) is 13.1 Å². The Morgan fingerprint density at radius 3 is 3.12 bits per heavy atom. The monoisotopic (exact) mass is 223 g/mol. The number of imidazole rings is 1. The van der Waals surface area contributed by atoms with Crippen LogP contribution in [0.3, 0.4) is 0 Å². The van der Waals surface area contributed by atoms with E-state index in [-0.39, 0.29) is 6.10 Å². The van der Waals surface area contributed by atoms with E-state index in [1.807, 2.05) is 13.1 Å². The van der Waals surface area contributed by atoms with E-state index in [4.69, 9.17) is 5.11 Å². The molecular formula is C12H21N3O. The van der Waals surface area contributed by atoms with Gasteiger partial charge in [-0.1, -0.05) is 0 Å². The van der Waals surface area contributed by atoms with Crippen LogP contribution in [-0.4, -0.2) is 38.8 Å². The molecule has 0 saturated heterocycles. The molecule has 2 heterocycles. The van der Waals surface area contributed by atoms with Crippen LogP contribution in [0.15, 0.2) is 12.4 Å². The Morgan fingerprint density at radius 2 is 2.31 bits per heavy atom. The van der Waals surface area contributed by atoms with E-state index < -0.39 is 0 Å². The SMILES string of the molecule is CC(O)CCCCN1CCn2ccnc2C1. The number of hydrogen-bond donors (Lipinski definition) is 1. The van der Waals surface area contributed by atoms with Crippen LogP contribution in [0, 0.1) is 0 Å². The molecule has 1 atom stereocenters. The van der Waals surface area contributed by atoms with Gasteiger partial charge in [-0.25, -0.2) is 4.98 Å². The van der Waals surface area contributed by atoms with Gasteiger partial charge in [0.25, 0.3) is 0 Å². The summed E-state index contributed by atoms with van der Waals surface area (Å²) in [7, 11) is 0. The second-order valence-electron chi connectivity index (χ2n) is 4.66. The molecule has 16 heavy (non-hydrogen) atoms. The van der Waals surface area contributed by atoms with E-state index in [9.17, 15) is 0 Å². The van der Waals surface area contributed by atoms with Crippen LogP contribution in [0.4, 0.5) is 0 Å². The Labute approximate surface area is 96.9 Å². The third-order valence-corrected chi connectivity index (χ3v) is 3.17. The minimum Gasteiger partial charge on any atom is -0.393 e. The maximum absolute atomic E-state index is 9.16. The molecule has 0 radical (unpaired) electrons. The largest absolute Gasteiger partial charge is 0.393 e. The maximum Gasteiger partial charge on any atom is 0.122 e. The van der Waals surface area contributed by atoms with Gasteiger partial charge in [-0.3, -0.25) is 4.90 Å². The molecule has 1 aliphatic rings. The van der Waals surface area contributed by atoms with Gasteiger partial charge in [0.15, 0.2) is 0 Å². The smallest absolute Gasteiger partial charge is 0.122 e. The molecule has 0 spiro atoms. The Bertz CT molecular complexity index is 322. The first kappa shape index (κ1) is 11.6. The molecule has 1 aromatic heterocycles. The summed E-state index contributed by atoms with van der Waals surface area (Å²) >= 11 is 0. The lowest BCUT2D eigenvalue weighted by Crippen LogP contribution is -2.34. The van der Waals surface area contributed by atoms with Crippen LogP contribution in [0.2, 0.25) is 0 Å². The zero-order valence-corrected chi connectivity index (χ0v) is 9.97. The van der Waals surface area contributed by atoms with Crippen molar-refractivity contribution in [1.82, 2.24) is 14.5 Å². The van der Waals surface area contributed by atoms with E-state index in [1.54, 1.807) is 0 Å². The van der Waals surface area contributed by atoms with Crippen LogP contribution in [0.1, 0.15) is 32.0 Å². The van der Waals surface area contributed by atoms with E-state index >= 15 is 0 Å². The first-order chi connectivity index (χ1) is 7.75. The highest BCUT2D eigenvalue weighted by Crippen LogP contribution is 2.11. The lowest BCUT2D eigenvalue weighted by molar-refractivity contribution is 0.172. The van der Waals surface area contributed by atoms with Crippen molar-refractivity contribution in [3.63, 3.8) is 0 Å². The molecular weight excluding hydrogens is 202 g/mol. The first-order valence-electron chi connectivity index (χ1n) is 6.16. The molecule has 0 amide bonds. The predicted molar refractivity (Wildman–Crippen MR) is 63.0 cm³/mol. The molecule has 0 bridgehead atoms. The minimum absolute atomic E-state index is 0.153. The number of fused-ring (bicyclic) bond motifs is 1. The zero-order chi connectivity index (χ0) is 11.4. The Morgan fingerprint density at radius 1 is 1.44 bits per heavy atom. The van der Waals surface area contributed by atoms with Crippen molar-refractivity contribution < 1.29 is 5.11 Å². The fourth-order valence-electron chi connectivity index (χ4n) is 2.19. The Balaban J connectivity index is 1.69. The lowest BCUT2D eigenvalue weighted by Gasteiger charge is -2.27. The highest BCUT2D eigenvalue weighted by Gasteiger charge is 2.15. The summed E-state index contributed by atoms with van der Waals surface area (Å²) in [4.78, 5) is 6.79. The van der Waals surface area contributed by atoms with Crippen LogP contribution < -0.4 is 0 Å². The average Bonchev–Trinajstić information content (AvgIpc) is 2.71. The van der Waals surface area contributed by atoms with Gasteiger partial charge in [-0.05, 0) is 32.7 Å². The highest BCUT2D eigenvalue weighted by atomic mass is 16.3. The van der Waals surface area contributed by atoms with Crippen molar-refractivity contribution in [2.75, 3.05) is 13.1 Å². The Hall–Kier alpha value is -0.870. The molecule has 1 aliphatic heterocycles. The van der Waals surface area contributed by atoms with Crippen LogP contribution in [0.5, 0.6) is 0 Å². The fraction of sp³-hybridized carbons (Fsp3) is 0.750. The summed E-state index contributed by atoms with van der Waals surface area (Å²) in [6.45, 7) is 6.14. The van der Waals surface area contributed by atoms with Gasteiger partial charge in [0.1, 0.15) is 5.82 Å². The molecule has 0 aromatic carbocycles. The number of aliphatic hydroxyl groups excluding tert-OH is 1. The number of hydrogen-bond acceptors (Lipinski definition) is 3. The summed E-state index contributed by atoms with van der Waals surface area (Å²) < 4.78 is 2.23. The van der Waals surface area contributed by atoms with Crippen molar-refractivity contribution in [3.8, 4) is 0 Å². The van der Waals surface area contributed by atoms with Gasteiger partial charge in [-0.2, -0.15) is 0 Å². The van der Waals surface area contributed by atoms with Crippen molar-refractivity contribution in [2.24, 2.45) is 0 Å². The van der Waals surface area contributed by atoms with Gasteiger partial charge in [-0.15, -0.1) is 0 Å². The number of aromatic nitrogens is 2. The first-order valence-corrected chi connectivity index (χ1v) is 6.16. The van der Waals surface area contributed by atoms with Crippen LogP contribution in [0.25, 0.3) is 0 Å². The summed E-state index contributed by atoms with van der Waals surface area (Å²) in [5, 5.41) is 9.16. The molecule has 2 rings (SSSR count). The summed E-state index contributed by atoms with van der Waals surface area (Å²) in [6, 6.07) is 0. The summed E-state index contributed by atoms with van der Waals surface area (Å²) in [6.07, 6.45) is 6.99. The van der Waals surface area contributed by atoms with E-state index in [2.05, 4.69) is 20.6 Å². The standard InChI is InChI=1S/C12H21N3O/c1-11(16)4-2-3-6-14-8-9-15-7-5-13-12(15)10-14/h5,7,11,16H,2-4,6,8-10H2,1H3. The molecule has 0 fully saturated rings. The molecule has 0 saturated carbocycles. The fourth-order valence-corrected chi connectivity index (χ4v) is 2.19. The number of unbranched alkanes of at least 4 members (excludes halogenated alkanes) is 1. The topological polar surface area (TPSA) is 41.3 Å². The maximum atomic E-state index is 9.16. The second kappa shape index (κ2) is 5.46. The normalized spacial score (nSPS) is 18.4. The quantitative estimate of drug-likeness (QED) is 0.764. The number of rotatable bonds is 5. The van der Waals surface area contributed by atoms with Gasteiger partial charge in [0.2, 0.25) is 0 Å². The zero-order valence-electron chi connectivity index (χ0n) is 9.97. The van der Waals surface area contributed by atoms with Crippen molar-refractivity contribution >= 4 is 0 Å². The minimum atomic E-state index is -0.153. The number of nitrogens with zero attached hydrogens (tertiary/aromatic N) is 3. The predicted octanol–water partition coefficient (Wildman–Crippen LogP) is 1.25. The molecule has 1 unspecified atom stereocenters. The van der Waals surface area contributed by atoms with E-state index in [1.165, 1.54) is 12.2 Å². The number of aliphatic hydroxyl groups is 1. The van der Waals surface area contributed by atoms with Gasteiger partial charge in [0.05, 0.1) is 12.6 Å². The molecule has 4 nitrogen and oxygen atoms in total. The molecule has 1 N–H and O–H groups in total. The molecule has 90 valence electrons. The molecule has 1 aromatic rings.